The van der Waals surface area contributed by atoms with Gasteiger partial charge in [0.15, 0.2) is 0 Å². The zero-order chi connectivity index (χ0) is 18.1. The van der Waals surface area contributed by atoms with Crippen LogP contribution in [-0.4, -0.2) is 22.1 Å². The average Bonchev–Trinajstić information content (AvgIpc) is 3.29. The topological polar surface area (TPSA) is 50.6 Å². The van der Waals surface area contributed by atoms with E-state index in [0.29, 0.717) is 5.69 Å². The number of aromatic nitrogens is 1. The van der Waals surface area contributed by atoms with E-state index in [1.54, 1.807) is 0 Å². The van der Waals surface area contributed by atoms with Gasteiger partial charge in [-0.15, -0.1) is 0 Å². The molecule has 1 aliphatic rings. The Morgan fingerprint density at radius 1 is 1.04 bits per heavy atom. The van der Waals surface area contributed by atoms with Crippen molar-refractivity contribution in [2.75, 3.05) is 0 Å². The third-order valence-corrected chi connectivity index (χ3v) is 5.15. The lowest BCUT2D eigenvalue weighted by atomic mass is 10.0. The number of benzene rings is 1. The smallest absolute Gasteiger partial charge is 0.294 e. The van der Waals surface area contributed by atoms with Gasteiger partial charge in [-0.05, 0) is 43.5 Å². The molecule has 0 radical (unpaired) electrons. The molecule has 26 heavy (non-hydrogen) atoms. The van der Waals surface area contributed by atoms with E-state index in [1.165, 1.54) is 0 Å². The molecule has 0 saturated heterocycles. The van der Waals surface area contributed by atoms with E-state index >= 15 is 0 Å². The summed E-state index contributed by atoms with van der Waals surface area (Å²) in [6.07, 6.45) is 5.98. The van der Waals surface area contributed by atoms with E-state index in [4.69, 9.17) is 0 Å². The van der Waals surface area contributed by atoms with Crippen LogP contribution in [-0.2, 0) is 4.79 Å². The molecule has 4 nitrogen and oxygen atoms in total. The van der Waals surface area contributed by atoms with Crippen LogP contribution in [0.5, 0.6) is 0 Å². The molecule has 1 N–H and O–H groups in total. The third kappa shape index (κ3) is 3.03. The molecule has 1 amide bonds. The molecule has 4 rings (SSSR count). The van der Waals surface area contributed by atoms with E-state index < -0.39 is 11.7 Å². The number of aryl methyl sites for hydroxylation is 1. The lowest BCUT2D eigenvalue weighted by Gasteiger charge is -2.12. The predicted molar refractivity (Wildman–Crippen MR) is 102 cm³/mol. The highest BCUT2D eigenvalue weighted by Gasteiger charge is 2.27. The molecule has 2 aromatic heterocycles. The van der Waals surface area contributed by atoms with Crippen LogP contribution in [0, 0.1) is 6.92 Å². The number of nitrogens with one attached hydrogen (secondary N) is 1. The summed E-state index contributed by atoms with van der Waals surface area (Å²) in [5.74, 6) is -0.979. The summed E-state index contributed by atoms with van der Waals surface area (Å²) in [4.78, 5) is 25.6. The van der Waals surface area contributed by atoms with E-state index in [1.807, 2.05) is 66.1 Å². The van der Waals surface area contributed by atoms with Crippen molar-refractivity contribution in [1.82, 2.24) is 9.72 Å². The second kappa shape index (κ2) is 6.79. The second-order valence-electron chi connectivity index (χ2n) is 7.05. The van der Waals surface area contributed by atoms with Crippen LogP contribution in [0.1, 0.15) is 41.7 Å². The molecular weight excluding hydrogens is 324 g/mol. The zero-order valence-electron chi connectivity index (χ0n) is 14.9. The van der Waals surface area contributed by atoms with Gasteiger partial charge in [0, 0.05) is 23.3 Å². The minimum atomic E-state index is -0.505. The maximum Gasteiger partial charge on any atom is 0.294 e. The van der Waals surface area contributed by atoms with Crippen LogP contribution in [0.4, 0.5) is 0 Å². The molecule has 3 aromatic rings. The van der Waals surface area contributed by atoms with E-state index in [2.05, 4.69) is 5.32 Å². The van der Waals surface area contributed by atoms with Crippen molar-refractivity contribution >= 4 is 17.2 Å². The summed E-state index contributed by atoms with van der Waals surface area (Å²) >= 11 is 0. The second-order valence-corrected chi connectivity index (χ2v) is 7.05. The van der Waals surface area contributed by atoms with Crippen molar-refractivity contribution in [3.05, 3.63) is 66.0 Å². The molecule has 1 fully saturated rings. The Morgan fingerprint density at radius 2 is 1.77 bits per heavy atom. The number of carbonyl (C=O) groups is 2. The quantitative estimate of drug-likeness (QED) is 0.570. The molecule has 0 bridgehead atoms. The number of nitrogens with zero attached hydrogens (tertiary/aromatic N) is 1. The molecule has 2 heterocycles. The van der Waals surface area contributed by atoms with E-state index in [0.717, 1.165) is 47.9 Å². The van der Waals surface area contributed by atoms with Gasteiger partial charge >= 0.3 is 0 Å². The van der Waals surface area contributed by atoms with Crippen molar-refractivity contribution in [2.24, 2.45) is 0 Å². The summed E-state index contributed by atoms with van der Waals surface area (Å²) in [5.41, 5.74) is 4.23. The molecule has 1 saturated carbocycles. The highest BCUT2D eigenvalue weighted by molar-refractivity contribution is 6.43. The number of fused-ring (bicyclic) bond motifs is 1. The van der Waals surface area contributed by atoms with Crippen LogP contribution in [0.15, 0.2) is 54.7 Å². The number of Topliss-reactive ketones (excluding diaryl/α,β-unsaturated/α-hetero) is 1. The maximum absolute atomic E-state index is 13.0. The fraction of sp³-hybridized carbons (Fsp3) is 0.273. The SMILES string of the molecule is Cc1ccc(-c2cc3ccccn3c2C(=O)C(=O)NC2CCCC2)cc1. The first-order chi connectivity index (χ1) is 12.6. The summed E-state index contributed by atoms with van der Waals surface area (Å²) in [6, 6.07) is 15.9. The van der Waals surface area contributed by atoms with Gasteiger partial charge in [0.25, 0.3) is 11.7 Å². The Hall–Kier alpha value is -2.88. The van der Waals surface area contributed by atoms with Crippen molar-refractivity contribution in [2.45, 2.75) is 38.6 Å². The standard InChI is InChI=1S/C22H22N2O2/c1-15-9-11-16(12-10-15)19-14-18-8-4-5-13-24(18)20(19)21(25)22(26)23-17-6-2-3-7-17/h4-5,8-14,17H,2-3,6-7H2,1H3,(H,23,26). The molecule has 132 valence electrons. The van der Waals surface area contributed by atoms with Crippen molar-refractivity contribution in [3.8, 4) is 11.1 Å². The van der Waals surface area contributed by atoms with Crippen molar-refractivity contribution in [3.63, 3.8) is 0 Å². The van der Waals surface area contributed by atoms with Gasteiger partial charge in [-0.25, -0.2) is 0 Å². The van der Waals surface area contributed by atoms with Gasteiger partial charge in [-0.2, -0.15) is 0 Å². The number of amides is 1. The molecule has 4 heteroatoms. The van der Waals surface area contributed by atoms with Gasteiger partial charge in [-0.3, -0.25) is 9.59 Å². The normalized spacial score (nSPS) is 14.7. The lowest BCUT2D eigenvalue weighted by molar-refractivity contribution is -0.117. The van der Waals surface area contributed by atoms with Crippen LogP contribution in [0.3, 0.4) is 0 Å². The summed E-state index contributed by atoms with van der Waals surface area (Å²) < 4.78 is 1.81. The minimum Gasteiger partial charge on any atom is -0.346 e. The van der Waals surface area contributed by atoms with Gasteiger partial charge in [-0.1, -0.05) is 48.7 Å². The van der Waals surface area contributed by atoms with Crippen molar-refractivity contribution in [1.29, 1.82) is 0 Å². The average molecular weight is 346 g/mol. The lowest BCUT2D eigenvalue weighted by Crippen LogP contribution is -2.38. The van der Waals surface area contributed by atoms with Crippen LogP contribution < -0.4 is 5.32 Å². The molecule has 1 aromatic carbocycles. The fourth-order valence-electron chi connectivity index (χ4n) is 3.74. The Bertz CT molecular complexity index is 963. The highest BCUT2D eigenvalue weighted by Crippen LogP contribution is 2.29. The Balaban J connectivity index is 1.76. The third-order valence-electron chi connectivity index (χ3n) is 5.15. The van der Waals surface area contributed by atoms with Crippen LogP contribution >= 0.6 is 0 Å². The number of rotatable bonds is 4. The Kier molecular flexibility index (Phi) is 4.33. The number of carbonyl (C=O) groups excluding carboxylic acids is 2. The first-order valence-electron chi connectivity index (χ1n) is 9.16. The largest absolute Gasteiger partial charge is 0.346 e. The van der Waals surface area contributed by atoms with E-state index in [-0.39, 0.29) is 6.04 Å². The molecule has 0 atom stereocenters. The molecule has 0 aliphatic heterocycles. The number of hydrogen-bond donors (Lipinski definition) is 1. The van der Waals surface area contributed by atoms with Crippen molar-refractivity contribution < 1.29 is 9.59 Å². The molecule has 0 spiro atoms. The summed E-state index contributed by atoms with van der Waals surface area (Å²) in [7, 11) is 0. The number of hydrogen-bond acceptors (Lipinski definition) is 2. The monoisotopic (exact) mass is 346 g/mol. The summed E-state index contributed by atoms with van der Waals surface area (Å²) in [6.45, 7) is 2.03. The molecule has 1 aliphatic carbocycles. The summed E-state index contributed by atoms with van der Waals surface area (Å²) in [5, 5.41) is 2.92. The van der Waals surface area contributed by atoms with E-state index in [9.17, 15) is 9.59 Å². The van der Waals surface area contributed by atoms with Crippen LogP contribution in [0.25, 0.3) is 16.6 Å². The zero-order valence-corrected chi connectivity index (χ0v) is 14.9. The molecule has 0 unspecified atom stereocenters. The minimum absolute atomic E-state index is 0.125. The van der Waals surface area contributed by atoms with Gasteiger partial charge in [0.1, 0.15) is 5.69 Å². The van der Waals surface area contributed by atoms with Gasteiger partial charge in [0.2, 0.25) is 0 Å². The predicted octanol–water partition coefficient (Wildman–Crippen LogP) is 4.16. The molecular formula is C22H22N2O2. The highest BCUT2D eigenvalue weighted by atomic mass is 16.2. The number of ketones is 1. The fourth-order valence-corrected chi connectivity index (χ4v) is 3.74. The van der Waals surface area contributed by atoms with Gasteiger partial charge in [0.05, 0.1) is 0 Å². The Morgan fingerprint density at radius 3 is 2.50 bits per heavy atom. The van der Waals surface area contributed by atoms with Crippen LogP contribution in [0.2, 0.25) is 0 Å². The maximum atomic E-state index is 13.0. The number of pyridine rings is 1. The first-order valence-corrected chi connectivity index (χ1v) is 9.16. The Labute approximate surface area is 152 Å². The van der Waals surface area contributed by atoms with Gasteiger partial charge < -0.3 is 9.72 Å². The first kappa shape index (κ1) is 16.6.